The molecule has 25 heavy (non-hydrogen) atoms. The van der Waals surface area contributed by atoms with Gasteiger partial charge in [0.15, 0.2) is 5.65 Å². The van der Waals surface area contributed by atoms with E-state index in [1.807, 2.05) is 12.1 Å². The van der Waals surface area contributed by atoms with Crippen molar-refractivity contribution in [1.82, 2.24) is 24.6 Å². The van der Waals surface area contributed by atoms with E-state index in [1.165, 1.54) is 0 Å². The standard InChI is InChI=1S/C17H14N6O2/c1-25-14-6-5-12(10-19-14)20-17-21-16-15(18-7-8-23(16)22-17)11-3-2-4-13(24)9-11/h2-10,24H,1H3,(H,20,22). The highest BCUT2D eigenvalue weighted by Crippen LogP contribution is 2.25. The zero-order valence-corrected chi connectivity index (χ0v) is 13.3. The van der Waals surface area contributed by atoms with Crippen LogP contribution in [0.25, 0.3) is 16.9 Å². The number of aromatic hydroxyl groups is 1. The van der Waals surface area contributed by atoms with Crippen molar-refractivity contribution in [2.75, 3.05) is 12.4 Å². The first-order valence-electron chi connectivity index (χ1n) is 7.51. The van der Waals surface area contributed by atoms with Crippen LogP contribution in [0.1, 0.15) is 0 Å². The maximum absolute atomic E-state index is 9.69. The third-order valence-electron chi connectivity index (χ3n) is 3.58. The minimum Gasteiger partial charge on any atom is -0.508 e. The minimum absolute atomic E-state index is 0.170. The molecule has 0 aliphatic rings. The second kappa shape index (κ2) is 6.08. The highest BCUT2D eigenvalue weighted by Gasteiger charge is 2.12. The number of ether oxygens (including phenoxy) is 1. The number of pyridine rings is 1. The van der Waals surface area contributed by atoms with Crippen LogP contribution in [0.15, 0.2) is 55.0 Å². The predicted molar refractivity (Wildman–Crippen MR) is 92.0 cm³/mol. The van der Waals surface area contributed by atoms with Crippen LogP contribution in [0.4, 0.5) is 11.6 Å². The molecular weight excluding hydrogens is 320 g/mol. The molecule has 124 valence electrons. The van der Waals surface area contributed by atoms with Gasteiger partial charge in [0.1, 0.15) is 11.4 Å². The van der Waals surface area contributed by atoms with Crippen molar-refractivity contribution in [3.63, 3.8) is 0 Å². The number of phenols is 1. The molecule has 0 aliphatic carbocycles. The van der Waals surface area contributed by atoms with E-state index in [0.717, 1.165) is 11.3 Å². The van der Waals surface area contributed by atoms with E-state index in [4.69, 9.17) is 4.74 Å². The summed E-state index contributed by atoms with van der Waals surface area (Å²) in [6.07, 6.45) is 4.99. The molecule has 8 nitrogen and oxygen atoms in total. The molecule has 1 aromatic carbocycles. The fourth-order valence-electron chi connectivity index (χ4n) is 2.43. The number of rotatable bonds is 4. The van der Waals surface area contributed by atoms with Gasteiger partial charge in [-0.05, 0) is 18.2 Å². The Kier molecular flexibility index (Phi) is 3.62. The Bertz CT molecular complexity index is 1030. The molecule has 0 radical (unpaired) electrons. The molecule has 3 aromatic heterocycles. The normalized spacial score (nSPS) is 10.8. The van der Waals surface area contributed by atoms with Crippen molar-refractivity contribution in [3.05, 3.63) is 55.0 Å². The summed E-state index contributed by atoms with van der Waals surface area (Å²) in [6.45, 7) is 0. The molecule has 0 spiro atoms. The summed E-state index contributed by atoms with van der Waals surface area (Å²) in [4.78, 5) is 13.0. The number of hydrogen-bond acceptors (Lipinski definition) is 7. The lowest BCUT2D eigenvalue weighted by Gasteiger charge is -2.02. The molecule has 0 saturated heterocycles. The van der Waals surface area contributed by atoms with Crippen LogP contribution in [-0.4, -0.2) is 36.8 Å². The van der Waals surface area contributed by atoms with Crippen molar-refractivity contribution in [2.45, 2.75) is 0 Å². The van der Waals surface area contributed by atoms with Gasteiger partial charge in [-0.2, -0.15) is 4.98 Å². The molecule has 3 heterocycles. The third-order valence-corrected chi connectivity index (χ3v) is 3.58. The van der Waals surface area contributed by atoms with Gasteiger partial charge in [-0.1, -0.05) is 12.1 Å². The average Bonchev–Trinajstić information content (AvgIpc) is 3.04. The smallest absolute Gasteiger partial charge is 0.247 e. The van der Waals surface area contributed by atoms with Gasteiger partial charge in [-0.25, -0.2) is 9.50 Å². The molecule has 0 saturated carbocycles. The van der Waals surface area contributed by atoms with Crippen molar-refractivity contribution in [2.24, 2.45) is 0 Å². The lowest BCUT2D eigenvalue weighted by Crippen LogP contribution is -1.95. The summed E-state index contributed by atoms with van der Waals surface area (Å²) in [6, 6.07) is 10.4. The average molecular weight is 334 g/mol. The summed E-state index contributed by atoms with van der Waals surface area (Å²) in [5.41, 5.74) is 2.71. The van der Waals surface area contributed by atoms with Gasteiger partial charge in [0.2, 0.25) is 11.8 Å². The Hall–Kier alpha value is -3.68. The lowest BCUT2D eigenvalue weighted by molar-refractivity contribution is 0.398. The summed E-state index contributed by atoms with van der Waals surface area (Å²) in [5, 5.41) is 17.2. The number of nitrogens with one attached hydrogen (secondary N) is 1. The van der Waals surface area contributed by atoms with E-state index in [2.05, 4.69) is 25.4 Å². The van der Waals surface area contributed by atoms with Gasteiger partial charge >= 0.3 is 0 Å². The number of anilines is 2. The summed E-state index contributed by atoms with van der Waals surface area (Å²) in [7, 11) is 1.56. The molecule has 0 unspecified atom stereocenters. The van der Waals surface area contributed by atoms with E-state index in [-0.39, 0.29) is 5.75 Å². The fourth-order valence-corrected chi connectivity index (χ4v) is 2.43. The van der Waals surface area contributed by atoms with Crippen LogP contribution in [0.3, 0.4) is 0 Å². The van der Waals surface area contributed by atoms with Gasteiger partial charge < -0.3 is 15.2 Å². The fraction of sp³-hybridized carbons (Fsp3) is 0.0588. The highest BCUT2D eigenvalue weighted by molar-refractivity contribution is 5.75. The molecule has 0 amide bonds. The molecule has 0 bridgehead atoms. The Morgan fingerprint density at radius 3 is 2.84 bits per heavy atom. The van der Waals surface area contributed by atoms with E-state index in [1.54, 1.807) is 54.5 Å². The summed E-state index contributed by atoms with van der Waals surface area (Å²) in [5.74, 6) is 1.12. The number of benzene rings is 1. The zero-order chi connectivity index (χ0) is 17.2. The second-order valence-corrected chi connectivity index (χ2v) is 5.24. The zero-order valence-electron chi connectivity index (χ0n) is 13.3. The van der Waals surface area contributed by atoms with E-state index >= 15 is 0 Å². The van der Waals surface area contributed by atoms with Gasteiger partial charge in [-0.3, -0.25) is 4.98 Å². The Morgan fingerprint density at radius 2 is 2.08 bits per heavy atom. The van der Waals surface area contributed by atoms with Crippen LogP contribution in [0, 0.1) is 0 Å². The second-order valence-electron chi connectivity index (χ2n) is 5.24. The molecule has 4 aromatic rings. The van der Waals surface area contributed by atoms with Crippen molar-refractivity contribution in [1.29, 1.82) is 0 Å². The molecule has 0 fully saturated rings. The molecular formula is C17H14N6O2. The number of phenolic OH excluding ortho intramolecular Hbond substituents is 1. The first kappa shape index (κ1) is 14.9. The van der Waals surface area contributed by atoms with Gasteiger partial charge in [0.25, 0.3) is 0 Å². The van der Waals surface area contributed by atoms with Crippen LogP contribution in [0.2, 0.25) is 0 Å². The molecule has 0 aliphatic heterocycles. The monoisotopic (exact) mass is 334 g/mol. The van der Waals surface area contributed by atoms with Gasteiger partial charge in [-0.15, -0.1) is 5.10 Å². The number of methoxy groups -OCH3 is 1. The van der Waals surface area contributed by atoms with E-state index in [9.17, 15) is 5.11 Å². The number of aromatic nitrogens is 5. The Balaban J connectivity index is 1.71. The molecule has 2 N–H and O–H groups in total. The Morgan fingerprint density at radius 1 is 1.16 bits per heavy atom. The van der Waals surface area contributed by atoms with Gasteiger partial charge in [0.05, 0.1) is 19.0 Å². The van der Waals surface area contributed by atoms with Crippen LogP contribution in [0.5, 0.6) is 11.6 Å². The van der Waals surface area contributed by atoms with Crippen molar-refractivity contribution in [3.8, 4) is 22.9 Å². The number of hydrogen-bond donors (Lipinski definition) is 2. The topological polar surface area (TPSA) is 97.5 Å². The Labute approximate surface area is 142 Å². The molecule has 4 rings (SSSR count). The van der Waals surface area contributed by atoms with Gasteiger partial charge in [0, 0.05) is 24.0 Å². The van der Waals surface area contributed by atoms with E-state index < -0.39 is 0 Å². The maximum Gasteiger partial charge on any atom is 0.247 e. The molecule has 8 heteroatoms. The maximum atomic E-state index is 9.69. The first-order chi connectivity index (χ1) is 12.2. The summed E-state index contributed by atoms with van der Waals surface area (Å²) >= 11 is 0. The number of nitrogens with zero attached hydrogens (tertiary/aromatic N) is 5. The van der Waals surface area contributed by atoms with Crippen LogP contribution < -0.4 is 10.1 Å². The first-order valence-corrected chi connectivity index (χ1v) is 7.51. The largest absolute Gasteiger partial charge is 0.508 e. The van der Waals surface area contributed by atoms with Crippen molar-refractivity contribution >= 4 is 17.3 Å². The quantitative estimate of drug-likeness (QED) is 0.592. The lowest BCUT2D eigenvalue weighted by atomic mass is 10.1. The third kappa shape index (κ3) is 2.92. The highest BCUT2D eigenvalue weighted by atomic mass is 16.5. The summed E-state index contributed by atoms with van der Waals surface area (Å²) < 4.78 is 6.67. The minimum atomic E-state index is 0.170. The van der Waals surface area contributed by atoms with Crippen LogP contribution in [-0.2, 0) is 0 Å². The molecule has 0 atom stereocenters. The van der Waals surface area contributed by atoms with Crippen molar-refractivity contribution < 1.29 is 9.84 Å². The SMILES string of the molecule is COc1ccc(Nc2nc3c(-c4cccc(O)c4)nccn3n2)cn1. The van der Waals surface area contributed by atoms with Crippen LogP contribution >= 0.6 is 0 Å². The number of fused-ring (bicyclic) bond motifs is 1. The van der Waals surface area contributed by atoms with E-state index in [0.29, 0.717) is 23.2 Å². The predicted octanol–water partition coefficient (Wildman–Crippen LogP) is 2.64.